The zero-order chi connectivity index (χ0) is 13.3. The van der Waals surface area contributed by atoms with Crippen LogP contribution >= 0.6 is 0 Å². The molecule has 0 aliphatic carbocycles. The van der Waals surface area contributed by atoms with Gasteiger partial charge in [-0.2, -0.15) is 0 Å². The second-order valence-electron chi connectivity index (χ2n) is 6.26. The molecule has 1 aromatic rings. The van der Waals surface area contributed by atoms with Crippen LogP contribution in [0.2, 0.25) is 0 Å². The lowest BCUT2D eigenvalue weighted by Crippen LogP contribution is -2.39. The number of likely N-dealkylation sites (tertiary alicyclic amines) is 1. The van der Waals surface area contributed by atoms with Gasteiger partial charge in [0.05, 0.1) is 0 Å². The number of hydrogen-bond acceptors (Lipinski definition) is 3. The van der Waals surface area contributed by atoms with Crippen LogP contribution in [0.3, 0.4) is 0 Å². The van der Waals surface area contributed by atoms with E-state index in [1.165, 1.54) is 6.42 Å². The van der Waals surface area contributed by atoms with Gasteiger partial charge in [0.2, 0.25) is 5.82 Å². The molecule has 5 nitrogen and oxygen atoms in total. The van der Waals surface area contributed by atoms with E-state index in [1.54, 1.807) is 0 Å². The molecule has 1 fully saturated rings. The molecule has 100 valence electrons. The fourth-order valence-electron chi connectivity index (χ4n) is 2.21. The van der Waals surface area contributed by atoms with Gasteiger partial charge in [-0.25, -0.2) is 4.98 Å². The molecule has 0 spiro atoms. The van der Waals surface area contributed by atoms with E-state index in [4.69, 9.17) is 0 Å². The highest BCUT2D eigenvalue weighted by atomic mass is 16.2. The summed E-state index contributed by atoms with van der Waals surface area (Å²) in [4.78, 5) is 18.5. The fourth-order valence-corrected chi connectivity index (χ4v) is 2.21. The van der Waals surface area contributed by atoms with Crippen molar-refractivity contribution in [3.05, 3.63) is 11.6 Å². The first-order valence-electron chi connectivity index (χ1n) is 6.60. The van der Waals surface area contributed by atoms with Crippen molar-refractivity contribution in [2.24, 2.45) is 5.92 Å². The number of nitrogens with zero attached hydrogens (tertiary/aromatic N) is 3. The molecule has 1 unspecified atom stereocenters. The van der Waals surface area contributed by atoms with Crippen LogP contribution in [-0.2, 0) is 5.41 Å². The molecule has 0 bridgehead atoms. The Morgan fingerprint density at radius 1 is 1.44 bits per heavy atom. The summed E-state index contributed by atoms with van der Waals surface area (Å²) in [5.41, 5.74) is -0.110. The average Bonchev–Trinajstić information content (AvgIpc) is 2.77. The maximum absolute atomic E-state index is 12.3. The number of carbonyl (C=O) groups excluding carboxylic acids is 1. The minimum Gasteiger partial charge on any atom is -0.336 e. The van der Waals surface area contributed by atoms with Gasteiger partial charge >= 0.3 is 0 Å². The smallest absolute Gasteiger partial charge is 0.293 e. The van der Waals surface area contributed by atoms with Crippen molar-refractivity contribution in [3.63, 3.8) is 0 Å². The molecular weight excluding hydrogens is 228 g/mol. The summed E-state index contributed by atoms with van der Waals surface area (Å²) < 4.78 is 0. The van der Waals surface area contributed by atoms with Gasteiger partial charge in [0, 0.05) is 18.5 Å². The molecule has 1 atom stereocenters. The number of nitrogens with one attached hydrogen (secondary N) is 1. The number of piperidine rings is 1. The zero-order valence-electron chi connectivity index (χ0n) is 11.7. The lowest BCUT2D eigenvalue weighted by atomic mass is 9.96. The van der Waals surface area contributed by atoms with Crippen molar-refractivity contribution in [1.82, 2.24) is 20.1 Å². The Balaban J connectivity index is 2.11. The average molecular weight is 250 g/mol. The standard InChI is InChI=1S/C13H22N4O/c1-9-6-5-7-17(8-9)11(18)10-14-12(16-15-10)13(2,3)4/h9H,5-8H2,1-4H3,(H,14,15,16). The van der Waals surface area contributed by atoms with Crippen molar-refractivity contribution in [2.45, 2.75) is 46.0 Å². The Morgan fingerprint density at radius 3 is 2.72 bits per heavy atom. The highest BCUT2D eigenvalue weighted by Gasteiger charge is 2.26. The van der Waals surface area contributed by atoms with Crippen molar-refractivity contribution in [2.75, 3.05) is 13.1 Å². The topological polar surface area (TPSA) is 61.9 Å². The molecule has 1 aliphatic heterocycles. The van der Waals surface area contributed by atoms with Gasteiger partial charge in [0.15, 0.2) is 0 Å². The second kappa shape index (κ2) is 4.71. The molecule has 1 aliphatic rings. The first-order valence-corrected chi connectivity index (χ1v) is 6.60. The van der Waals surface area contributed by atoms with E-state index < -0.39 is 0 Å². The van der Waals surface area contributed by atoms with E-state index in [0.29, 0.717) is 11.7 Å². The van der Waals surface area contributed by atoms with E-state index in [-0.39, 0.29) is 11.3 Å². The minimum atomic E-state index is -0.110. The van der Waals surface area contributed by atoms with Crippen LogP contribution in [0.25, 0.3) is 0 Å². The van der Waals surface area contributed by atoms with Crippen LogP contribution < -0.4 is 0 Å². The largest absolute Gasteiger partial charge is 0.336 e. The van der Waals surface area contributed by atoms with Crippen molar-refractivity contribution < 1.29 is 4.79 Å². The van der Waals surface area contributed by atoms with E-state index in [0.717, 1.165) is 25.3 Å². The Hall–Kier alpha value is -1.39. The number of hydrogen-bond donors (Lipinski definition) is 1. The summed E-state index contributed by atoms with van der Waals surface area (Å²) in [6.45, 7) is 9.96. The monoisotopic (exact) mass is 250 g/mol. The van der Waals surface area contributed by atoms with E-state index in [9.17, 15) is 4.79 Å². The van der Waals surface area contributed by atoms with Gasteiger partial charge in [0.1, 0.15) is 5.82 Å². The van der Waals surface area contributed by atoms with Gasteiger partial charge in [-0.15, -0.1) is 5.10 Å². The van der Waals surface area contributed by atoms with Gasteiger partial charge in [-0.05, 0) is 18.8 Å². The van der Waals surface area contributed by atoms with Crippen molar-refractivity contribution >= 4 is 5.91 Å². The van der Waals surface area contributed by atoms with Crippen molar-refractivity contribution in [3.8, 4) is 0 Å². The van der Waals surface area contributed by atoms with Crippen LogP contribution in [0.5, 0.6) is 0 Å². The van der Waals surface area contributed by atoms with Gasteiger partial charge in [-0.1, -0.05) is 27.7 Å². The molecular formula is C13H22N4O. The number of carbonyl (C=O) groups is 1. The molecule has 18 heavy (non-hydrogen) atoms. The molecule has 1 saturated heterocycles. The second-order valence-corrected chi connectivity index (χ2v) is 6.26. The molecule has 2 heterocycles. The third-order valence-corrected chi connectivity index (χ3v) is 3.33. The summed E-state index contributed by atoms with van der Waals surface area (Å²) in [6.07, 6.45) is 2.27. The summed E-state index contributed by atoms with van der Waals surface area (Å²) in [6, 6.07) is 0. The van der Waals surface area contributed by atoms with Crippen molar-refractivity contribution in [1.29, 1.82) is 0 Å². The molecule has 0 radical (unpaired) electrons. The molecule has 5 heteroatoms. The van der Waals surface area contributed by atoms with Crippen LogP contribution in [0.4, 0.5) is 0 Å². The molecule has 1 aromatic heterocycles. The van der Waals surface area contributed by atoms with Crippen LogP contribution in [-0.4, -0.2) is 39.1 Å². The Morgan fingerprint density at radius 2 is 2.17 bits per heavy atom. The Kier molecular flexibility index (Phi) is 3.41. The lowest BCUT2D eigenvalue weighted by Gasteiger charge is -2.29. The summed E-state index contributed by atoms with van der Waals surface area (Å²) in [5, 5.41) is 6.92. The Bertz CT molecular complexity index is 432. The predicted molar refractivity (Wildman–Crippen MR) is 69.4 cm³/mol. The van der Waals surface area contributed by atoms with E-state index in [1.807, 2.05) is 25.7 Å². The molecule has 0 saturated carbocycles. The van der Waals surface area contributed by atoms with Crippen LogP contribution in [0, 0.1) is 5.92 Å². The number of aromatic amines is 1. The summed E-state index contributed by atoms with van der Waals surface area (Å²) in [5.74, 6) is 1.59. The summed E-state index contributed by atoms with van der Waals surface area (Å²) in [7, 11) is 0. The minimum absolute atomic E-state index is 0.0479. The lowest BCUT2D eigenvalue weighted by molar-refractivity contribution is 0.0671. The van der Waals surface area contributed by atoms with Crippen LogP contribution in [0.1, 0.15) is 57.0 Å². The first kappa shape index (κ1) is 13.1. The van der Waals surface area contributed by atoms with Crippen LogP contribution in [0.15, 0.2) is 0 Å². The number of H-pyrrole nitrogens is 1. The van der Waals surface area contributed by atoms with Gasteiger partial charge < -0.3 is 4.90 Å². The third kappa shape index (κ3) is 2.71. The quantitative estimate of drug-likeness (QED) is 0.829. The van der Waals surface area contributed by atoms with Gasteiger partial charge in [0.25, 0.3) is 5.91 Å². The SMILES string of the molecule is CC1CCCN(C(=O)c2n[nH]c(C(C)(C)C)n2)C1. The Labute approximate surface area is 108 Å². The number of rotatable bonds is 1. The maximum atomic E-state index is 12.3. The summed E-state index contributed by atoms with van der Waals surface area (Å²) >= 11 is 0. The van der Waals surface area contributed by atoms with E-state index in [2.05, 4.69) is 22.1 Å². The third-order valence-electron chi connectivity index (χ3n) is 3.33. The highest BCUT2D eigenvalue weighted by Crippen LogP contribution is 2.19. The van der Waals surface area contributed by atoms with E-state index >= 15 is 0 Å². The number of aromatic nitrogens is 3. The maximum Gasteiger partial charge on any atom is 0.293 e. The number of amides is 1. The predicted octanol–water partition coefficient (Wildman–Crippen LogP) is 1.97. The molecule has 1 N–H and O–H groups in total. The zero-order valence-corrected chi connectivity index (χ0v) is 11.7. The highest BCUT2D eigenvalue weighted by molar-refractivity contribution is 5.90. The molecule has 1 amide bonds. The molecule has 0 aromatic carbocycles. The fraction of sp³-hybridized carbons (Fsp3) is 0.769. The molecule has 2 rings (SSSR count). The van der Waals surface area contributed by atoms with Gasteiger partial charge in [-0.3, -0.25) is 9.89 Å². The first-order chi connectivity index (χ1) is 8.38. The normalized spacial score (nSPS) is 21.1.